The Morgan fingerprint density at radius 2 is 1.00 bits per heavy atom. The van der Waals surface area contributed by atoms with Gasteiger partial charge >= 0.3 is 0 Å². The first-order valence-electron chi connectivity index (χ1n) is 19.7. The summed E-state index contributed by atoms with van der Waals surface area (Å²) in [4.78, 5) is 58.4. The first-order chi connectivity index (χ1) is 25.6. The zero-order valence-electron chi connectivity index (χ0n) is 33.9. The van der Waals surface area contributed by atoms with Crippen LogP contribution in [0.15, 0.2) is 42.5 Å². The molecule has 2 aromatic rings. The van der Waals surface area contributed by atoms with E-state index in [0.29, 0.717) is 39.7 Å². The number of Topliss-reactive ketones (excluding diaryl/α,β-unsaturated/α-hetero) is 2. The van der Waals surface area contributed by atoms with Gasteiger partial charge < -0.3 is 19.3 Å². The Balaban J connectivity index is 0.000000531. The normalized spacial score (nSPS) is 14.7. The van der Waals surface area contributed by atoms with Gasteiger partial charge in [-0.25, -0.2) is 0 Å². The van der Waals surface area contributed by atoms with E-state index in [1.807, 2.05) is 9.80 Å². The predicted molar refractivity (Wildman–Crippen MR) is 227 cm³/mol. The van der Waals surface area contributed by atoms with Gasteiger partial charge in [-0.3, -0.25) is 29.0 Å². The van der Waals surface area contributed by atoms with Gasteiger partial charge in [-0.15, -0.1) is 24.8 Å². The number of amides is 2. The van der Waals surface area contributed by atoms with Crippen molar-refractivity contribution in [2.24, 2.45) is 0 Å². The van der Waals surface area contributed by atoms with Crippen molar-refractivity contribution in [3.8, 4) is 11.5 Å². The lowest BCUT2D eigenvalue weighted by atomic mass is 10.0. The van der Waals surface area contributed by atoms with E-state index in [9.17, 15) is 19.2 Å². The van der Waals surface area contributed by atoms with Gasteiger partial charge in [0.1, 0.15) is 0 Å². The van der Waals surface area contributed by atoms with Crippen LogP contribution in [0.5, 0.6) is 11.5 Å². The molecule has 0 spiro atoms. The third kappa shape index (κ3) is 15.9. The van der Waals surface area contributed by atoms with Crippen LogP contribution in [0.2, 0.25) is 5.02 Å². The lowest BCUT2D eigenvalue weighted by Crippen LogP contribution is -2.52. The molecule has 10 nitrogen and oxygen atoms in total. The molecule has 310 valence electrons. The summed E-state index contributed by atoms with van der Waals surface area (Å²) >= 11 is 5.84. The number of nitrogens with zero attached hydrogens (tertiary/aromatic N) is 4. The summed E-state index contributed by atoms with van der Waals surface area (Å²) in [6, 6.07) is 13.2. The number of hydrogen-bond donors (Lipinski definition) is 0. The van der Waals surface area contributed by atoms with Crippen molar-refractivity contribution in [1.29, 1.82) is 0 Å². The Hall–Kier alpha value is -2.89. The monoisotopic (exact) mass is 826 g/mol. The van der Waals surface area contributed by atoms with E-state index in [0.717, 1.165) is 65.2 Å². The largest absolute Gasteiger partial charge is 0.493 e. The second kappa shape index (κ2) is 26.9. The topological polar surface area (TPSA) is 99.7 Å². The molecule has 2 fully saturated rings. The minimum atomic E-state index is -0.0556. The Labute approximate surface area is 347 Å². The minimum absolute atomic E-state index is 0. The molecule has 0 atom stereocenters. The van der Waals surface area contributed by atoms with Gasteiger partial charge in [0.2, 0.25) is 11.8 Å². The summed E-state index contributed by atoms with van der Waals surface area (Å²) in [5.74, 6) is 1.20. The van der Waals surface area contributed by atoms with Crippen LogP contribution in [0.3, 0.4) is 0 Å². The number of benzene rings is 2. The molecule has 0 unspecified atom stereocenters. The molecule has 2 amide bonds. The Kier molecular flexibility index (Phi) is 24.5. The van der Waals surface area contributed by atoms with E-state index in [4.69, 9.17) is 21.1 Å². The van der Waals surface area contributed by atoms with Gasteiger partial charge in [0.15, 0.2) is 23.1 Å². The van der Waals surface area contributed by atoms with E-state index in [1.54, 1.807) is 49.6 Å². The van der Waals surface area contributed by atoms with Crippen LogP contribution < -0.4 is 9.47 Å². The quantitative estimate of drug-likeness (QED) is 0.139. The van der Waals surface area contributed by atoms with Crippen LogP contribution in [0.4, 0.5) is 0 Å². The fraction of sp³-hybridized carbons (Fsp3) is 0.619. The van der Waals surface area contributed by atoms with Gasteiger partial charge in [-0.1, -0.05) is 52.1 Å². The molecule has 0 aliphatic carbocycles. The molecule has 2 aliphatic rings. The number of rotatable bonds is 18. The molecule has 2 heterocycles. The third-order valence-electron chi connectivity index (χ3n) is 10.6. The lowest BCUT2D eigenvalue weighted by molar-refractivity contribution is -0.134. The number of carbonyl (C=O) groups is 4. The Morgan fingerprint density at radius 1 is 0.582 bits per heavy atom. The number of ether oxygens (including phenoxy) is 2. The van der Waals surface area contributed by atoms with E-state index in [2.05, 4.69) is 37.5 Å². The summed E-state index contributed by atoms with van der Waals surface area (Å²) in [6.45, 7) is 15.7. The Bertz CT molecular complexity index is 1440. The third-order valence-corrected chi connectivity index (χ3v) is 10.8. The number of halogens is 3. The lowest BCUT2D eigenvalue weighted by Gasteiger charge is -2.39. The molecular weight excluding hydrogens is 763 g/mol. The second-order valence-electron chi connectivity index (χ2n) is 14.0. The molecular formula is C42H65Cl3N4O6. The fourth-order valence-electron chi connectivity index (χ4n) is 7.35. The first kappa shape index (κ1) is 50.1. The maximum absolute atomic E-state index is 12.5. The zero-order valence-corrected chi connectivity index (χ0v) is 36.2. The van der Waals surface area contributed by atoms with Crippen LogP contribution in [0.25, 0.3) is 0 Å². The van der Waals surface area contributed by atoms with Crippen molar-refractivity contribution in [3.63, 3.8) is 0 Å². The Morgan fingerprint density at radius 3 is 1.42 bits per heavy atom. The highest BCUT2D eigenvalue weighted by molar-refractivity contribution is 6.30. The molecule has 2 saturated heterocycles. The first-order valence-corrected chi connectivity index (χ1v) is 20.0. The number of piperazine rings is 2. The predicted octanol–water partition coefficient (Wildman–Crippen LogP) is 8.26. The molecule has 13 heteroatoms. The van der Waals surface area contributed by atoms with Crippen molar-refractivity contribution in [3.05, 3.63) is 58.6 Å². The molecule has 2 aromatic carbocycles. The summed E-state index contributed by atoms with van der Waals surface area (Å²) in [5, 5.41) is 0.611. The molecule has 0 bridgehead atoms. The number of ketones is 2. The SMILES string of the molecule is CCC(CC)N1CCN(C(=O)CCC(=O)c2ccc(OC)c(OC)c2)CC1.CCCC(CCC)N1CCN(C(=O)CCC(=O)c2ccc(Cl)cc2)CC1.Cl.Cl. The summed E-state index contributed by atoms with van der Waals surface area (Å²) < 4.78 is 10.4. The number of hydrogen-bond acceptors (Lipinski definition) is 8. The average molecular weight is 828 g/mol. The average Bonchev–Trinajstić information content (AvgIpc) is 3.19. The summed E-state index contributed by atoms with van der Waals surface area (Å²) in [7, 11) is 3.10. The van der Waals surface area contributed by atoms with Crippen molar-refractivity contribution >= 4 is 59.8 Å². The van der Waals surface area contributed by atoms with E-state index in [1.165, 1.54) is 32.8 Å². The smallest absolute Gasteiger partial charge is 0.223 e. The van der Waals surface area contributed by atoms with Crippen molar-refractivity contribution < 1.29 is 28.7 Å². The number of methoxy groups -OCH3 is 2. The molecule has 0 aromatic heterocycles. The zero-order chi connectivity index (χ0) is 38.8. The van der Waals surface area contributed by atoms with Crippen molar-refractivity contribution in [1.82, 2.24) is 19.6 Å². The van der Waals surface area contributed by atoms with E-state index >= 15 is 0 Å². The maximum atomic E-state index is 12.5. The second-order valence-corrected chi connectivity index (χ2v) is 14.4. The molecule has 0 N–H and O–H groups in total. The summed E-state index contributed by atoms with van der Waals surface area (Å²) in [6.07, 6.45) is 8.17. The van der Waals surface area contributed by atoms with E-state index < -0.39 is 0 Å². The van der Waals surface area contributed by atoms with Crippen LogP contribution >= 0.6 is 36.4 Å². The van der Waals surface area contributed by atoms with Gasteiger partial charge in [-0.05, 0) is 68.1 Å². The van der Waals surface area contributed by atoms with Crippen LogP contribution in [-0.2, 0) is 9.59 Å². The maximum Gasteiger partial charge on any atom is 0.223 e. The number of carbonyl (C=O) groups excluding carboxylic acids is 4. The van der Waals surface area contributed by atoms with Crippen molar-refractivity contribution in [2.45, 2.75) is 104 Å². The molecule has 4 rings (SSSR count). The van der Waals surface area contributed by atoms with E-state index in [-0.39, 0.29) is 73.9 Å². The van der Waals surface area contributed by atoms with Crippen LogP contribution in [0, 0.1) is 0 Å². The fourth-order valence-corrected chi connectivity index (χ4v) is 7.47. The molecule has 0 radical (unpaired) electrons. The molecule has 0 saturated carbocycles. The van der Waals surface area contributed by atoms with Gasteiger partial charge in [0.05, 0.1) is 14.2 Å². The van der Waals surface area contributed by atoms with Gasteiger partial charge in [-0.2, -0.15) is 0 Å². The van der Waals surface area contributed by atoms with Gasteiger partial charge in [0, 0.05) is 106 Å². The standard InChI is InChI=1S/C21H31ClN2O2.C21H32N2O4.2ClH/c1-3-5-19(6-4-2)23-13-15-24(16-14-23)21(26)12-11-20(25)17-7-9-18(22)10-8-17;1-5-17(6-2)22-11-13-23(14-12-22)21(25)10-8-18(24)16-7-9-19(26-3)20(15-16)27-4;;/h7-10,19H,3-6,11-16H2,1-2H3;7,9,15,17H,5-6,8,10-14H2,1-4H3;2*1H. The van der Waals surface area contributed by atoms with Crippen molar-refractivity contribution in [2.75, 3.05) is 66.6 Å². The highest BCUT2D eigenvalue weighted by Gasteiger charge is 2.27. The van der Waals surface area contributed by atoms with Gasteiger partial charge in [0.25, 0.3) is 0 Å². The highest BCUT2D eigenvalue weighted by Crippen LogP contribution is 2.28. The summed E-state index contributed by atoms with van der Waals surface area (Å²) in [5.41, 5.74) is 1.16. The van der Waals surface area contributed by atoms with Crippen LogP contribution in [0.1, 0.15) is 113 Å². The minimum Gasteiger partial charge on any atom is -0.493 e. The molecule has 55 heavy (non-hydrogen) atoms. The molecule has 2 aliphatic heterocycles. The van der Waals surface area contributed by atoms with Crippen LogP contribution in [-0.4, -0.2) is 122 Å². The highest BCUT2D eigenvalue weighted by atomic mass is 35.5.